The van der Waals surface area contributed by atoms with Gasteiger partial charge in [-0.1, -0.05) is 36.2 Å². The molecule has 0 spiro atoms. The zero-order valence-electron chi connectivity index (χ0n) is 17.7. The van der Waals surface area contributed by atoms with Crippen molar-refractivity contribution in [2.75, 3.05) is 18.1 Å². The van der Waals surface area contributed by atoms with Crippen molar-refractivity contribution in [1.29, 1.82) is 0 Å². The molecule has 166 valence electrons. The Morgan fingerprint density at radius 2 is 1.94 bits per heavy atom. The van der Waals surface area contributed by atoms with Crippen molar-refractivity contribution in [3.8, 4) is 0 Å². The first-order valence-electron chi connectivity index (χ1n) is 10.1. The van der Waals surface area contributed by atoms with Crippen LogP contribution in [0.4, 0.5) is 10.1 Å². The molecule has 0 radical (unpaired) electrons. The van der Waals surface area contributed by atoms with Gasteiger partial charge in [0.15, 0.2) is 5.54 Å². The summed E-state index contributed by atoms with van der Waals surface area (Å²) in [5.74, 6) is -1.45. The van der Waals surface area contributed by atoms with Crippen molar-refractivity contribution in [3.63, 3.8) is 0 Å². The number of alkyl halides is 2. The summed E-state index contributed by atoms with van der Waals surface area (Å²) >= 11 is 5.58. The fourth-order valence-corrected chi connectivity index (χ4v) is 3.81. The normalized spacial score (nSPS) is 21.6. The van der Waals surface area contributed by atoms with Gasteiger partial charge in [0.1, 0.15) is 6.33 Å². The molecule has 2 aromatic rings. The molecule has 1 N–H and O–H groups in total. The van der Waals surface area contributed by atoms with Crippen molar-refractivity contribution < 1.29 is 18.7 Å². The minimum atomic E-state index is -2.33. The highest BCUT2D eigenvalue weighted by molar-refractivity contribution is 6.32. The predicted molar refractivity (Wildman–Crippen MR) is 115 cm³/mol. The number of carbonyl (C=O) groups excluding carboxylic acids is 2. The van der Waals surface area contributed by atoms with Crippen LogP contribution in [0.2, 0.25) is 0 Å². The molecule has 0 saturated carbocycles. The number of aryl methyl sites for hydroxylation is 1. The summed E-state index contributed by atoms with van der Waals surface area (Å²) in [6, 6.07) is 6.70. The Morgan fingerprint density at radius 3 is 2.52 bits per heavy atom. The summed E-state index contributed by atoms with van der Waals surface area (Å²) in [7, 11) is 0. The van der Waals surface area contributed by atoms with Gasteiger partial charge in [-0.3, -0.25) is 14.5 Å². The molecule has 7 nitrogen and oxygen atoms in total. The predicted octanol–water partition coefficient (Wildman–Crippen LogP) is 3.11. The average molecular weight is 449 g/mol. The summed E-state index contributed by atoms with van der Waals surface area (Å²) in [5, 5.41) is 3.03. The van der Waals surface area contributed by atoms with Crippen LogP contribution in [0.5, 0.6) is 0 Å². The van der Waals surface area contributed by atoms with Gasteiger partial charge in [-0.2, -0.15) is 0 Å². The molecule has 1 fully saturated rings. The zero-order valence-corrected chi connectivity index (χ0v) is 18.5. The molecule has 0 bridgehead atoms. The van der Waals surface area contributed by atoms with Gasteiger partial charge in [-0.15, -0.1) is 0 Å². The van der Waals surface area contributed by atoms with E-state index in [0.29, 0.717) is 30.9 Å². The first-order chi connectivity index (χ1) is 14.7. The Balaban J connectivity index is 2.11. The minimum absolute atomic E-state index is 0.0828. The lowest BCUT2D eigenvalue weighted by Crippen LogP contribution is -2.61. The van der Waals surface area contributed by atoms with Gasteiger partial charge in [-0.25, -0.2) is 14.4 Å². The topological polar surface area (TPSA) is 84.4 Å². The Kier molecular flexibility index (Phi) is 7.23. The first kappa shape index (κ1) is 23.1. The molecule has 1 aromatic heterocycles. The van der Waals surface area contributed by atoms with Gasteiger partial charge in [0, 0.05) is 36.3 Å². The number of hydrogen-bond donors (Lipinski definition) is 1. The third-order valence-corrected chi connectivity index (χ3v) is 5.86. The molecule has 1 aliphatic heterocycles. The molecule has 2 heterocycles. The largest absolute Gasteiger partial charge is 0.381 e. The highest BCUT2D eigenvalue weighted by Crippen LogP contribution is 2.35. The third kappa shape index (κ3) is 4.85. The number of rotatable bonds is 6. The van der Waals surface area contributed by atoms with Gasteiger partial charge in [-0.05, 0) is 38.3 Å². The SMILES string of the molecule is Cc1ccc(N(C(=O)[C@H](F)Cl)[C@@](C)(C(=O)N[C@H]2CCOC[C@H]2C)c2cncnc2)cc1. The maximum Gasteiger partial charge on any atom is 0.278 e. The van der Waals surface area contributed by atoms with E-state index in [4.69, 9.17) is 16.3 Å². The summed E-state index contributed by atoms with van der Waals surface area (Å²) in [6.07, 6.45) is 4.83. The number of anilines is 1. The monoisotopic (exact) mass is 448 g/mol. The lowest BCUT2D eigenvalue weighted by atomic mass is 9.88. The van der Waals surface area contributed by atoms with Crippen LogP contribution >= 0.6 is 11.6 Å². The van der Waals surface area contributed by atoms with E-state index in [1.165, 1.54) is 18.7 Å². The van der Waals surface area contributed by atoms with E-state index in [1.54, 1.807) is 31.2 Å². The minimum Gasteiger partial charge on any atom is -0.381 e. The second-order valence-electron chi connectivity index (χ2n) is 7.93. The van der Waals surface area contributed by atoms with Crippen LogP contribution in [0.3, 0.4) is 0 Å². The molecule has 3 rings (SSSR count). The summed E-state index contributed by atoms with van der Waals surface area (Å²) in [6.45, 7) is 6.45. The fraction of sp³-hybridized carbons (Fsp3) is 0.455. The number of amides is 2. The van der Waals surface area contributed by atoms with Crippen molar-refractivity contribution in [2.45, 2.75) is 44.4 Å². The van der Waals surface area contributed by atoms with Crippen molar-refractivity contribution in [1.82, 2.24) is 15.3 Å². The van der Waals surface area contributed by atoms with Gasteiger partial charge in [0.25, 0.3) is 17.4 Å². The van der Waals surface area contributed by atoms with Crippen LogP contribution < -0.4 is 10.2 Å². The second-order valence-corrected chi connectivity index (χ2v) is 8.31. The van der Waals surface area contributed by atoms with Crippen LogP contribution in [0.25, 0.3) is 0 Å². The van der Waals surface area contributed by atoms with Crippen LogP contribution in [-0.4, -0.2) is 46.7 Å². The van der Waals surface area contributed by atoms with E-state index in [-0.39, 0.29) is 12.0 Å². The molecular formula is C22H26ClFN4O3. The van der Waals surface area contributed by atoms with Gasteiger partial charge in [0.05, 0.1) is 6.61 Å². The molecule has 1 aromatic carbocycles. The molecule has 31 heavy (non-hydrogen) atoms. The lowest BCUT2D eigenvalue weighted by Gasteiger charge is -2.42. The smallest absolute Gasteiger partial charge is 0.278 e. The number of ether oxygens (including phenoxy) is 1. The van der Waals surface area contributed by atoms with E-state index >= 15 is 0 Å². The zero-order chi connectivity index (χ0) is 22.6. The highest BCUT2D eigenvalue weighted by atomic mass is 35.5. The number of hydrogen-bond acceptors (Lipinski definition) is 5. The van der Waals surface area contributed by atoms with Crippen LogP contribution in [0.15, 0.2) is 43.0 Å². The molecule has 0 unspecified atom stereocenters. The maximum atomic E-state index is 14.1. The lowest BCUT2D eigenvalue weighted by molar-refractivity contribution is -0.132. The van der Waals surface area contributed by atoms with Crippen molar-refractivity contribution >= 4 is 29.1 Å². The average Bonchev–Trinajstić information content (AvgIpc) is 2.77. The van der Waals surface area contributed by atoms with Crippen LogP contribution in [-0.2, 0) is 19.9 Å². The molecule has 1 aliphatic rings. The van der Waals surface area contributed by atoms with Crippen LogP contribution in [0.1, 0.15) is 31.4 Å². The Labute approximate surface area is 186 Å². The summed E-state index contributed by atoms with van der Waals surface area (Å²) in [4.78, 5) is 35.8. The quantitative estimate of drug-likeness (QED) is 0.686. The Hall–Kier alpha value is -2.58. The summed E-state index contributed by atoms with van der Waals surface area (Å²) in [5.41, 5.74) is -2.37. The van der Waals surface area contributed by atoms with Crippen molar-refractivity contribution in [3.05, 3.63) is 54.1 Å². The summed E-state index contributed by atoms with van der Waals surface area (Å²) < 4.78 is 19.6. The number of aromatic nitrogens is 2. The number of benzene rings is 1. The highest BCUT2D eigenvalue weighted by Gasteiger charge is 2.48. The Morgan fingerprint density at radius 1 is 1.29 bits per heavy atom. The van der Waals surface area contributed by atoms with E-state index in [1.807, 2.05) is 13.8 Å². The van der Waals surface area contributed by atoms with Gasteiger partial charge >= 0.3 is 0 Å². The number of nitrogens with one attached hydrogen (secondary N) is 1. The Bertz CT molecular complexity index is 913. The molecule has 9 heteroatoms. The van der Waals surface area contributed by atoms with E-state index in [0.717, 1.165) is 10.5 Å². The second kappa shape index (κ2) is 9.70. The van der Waals surface area contributed by atoms with E-state index in [2.05, 4.69) is 15.3 Å². The van der Waals surface area contributed by atoms with Gasteiger partial charge in [0.2, 0.25) is 0 Å². The molecule has 0 aliphatic carbocycles. The first-order valence-corrected chi connectivity index (χ1v) is 10.5. The molecule has 4 atom stereocenters. The molecular weight excluding hydrogens is 423 g/mol. The van der Waals surface area contributed by atoms with E-state index < -0.39 is 23.0 Å². The standard InChI is InChI=1S/C22H26ClFN4O3/c1-14-4-6-17(7-5-14)28(20(29)19(23)24)22(3,16-10-25-13-26-11-16)21(30)27-18-8-9-31-12-15(18)2/h4-7,10-11,13,15,18-19H,8-9,12H2,1-3H3,(H,27,30)/t15-,18+,19+,22-/m1/s1. The fourth-order valence-electron chi connectivity index (χ4n) is 3.71. The molecule has 1 saturated heterocycles. The maximum absolute atomic E-state index is 14.1. The van der Waals surface area contributed by atoms with E-state index in [9.17, 15) is 14.0 Å². The number of halogens is 2. The van der Waals surface area contributed by atoms with Crippen molar-refractivity contribution in [2.24, 2.45) is 5.92 Å². The van der Waals surface area contributed by atoms with Crippen LogP contribution in [0, 0.1) is 12.8 Å². The number of carbonyl (C=O) groups is 2. The third-order valence-electron chi connectivity index (χ3n) is 5.67. The van der Waals surface area contributed by atoms with Gasteiger partial charge < -0.3 is 10.1 Å². The number of nitrogens with zero attached hydrogens (tertiary/aromatic N) is 3. The molecule has 2 amide bonds.